The fourth-order valence-corrected chi connectivity index (χ4v) is 3.48. The summed E-state index contributed by atoms with van der Waals surface area (Å²) in [7, 11) is 1.62. The first-order chi connectivity index (χ1) is 14.1. The highest BCUT2D eigenvalue weighted by Gasteiger charge is 2.34. The molecule has 0 radical (unpaired) electrons. The number of amides is 1. The largest absolute Gasteiger partial charge is 0.497 e. The van der Waals surface area contributed by atoms with E-state index in [0.717, 1.165) is 29.4 Å². The lowest BCUT2D eigenvalue weighted by Gasteiger charge is -2.34. The molecule has 1 saturated heterocycles. The van der Waals surface area contributed by atoms with E-state index in [9.17, 15) is 4.79 Å². The van der Waals surface area contributed by atoms with E-state index in [4.69, 9.17) is 13.9 Å². The van der Waals surface area contributed by atoms with Crippen LogP contribution in [-0.2, 0) is 11.2 Å². The zero-order chi connectivity index (χ0) is 20.4. The Morgan fingerprint density at radius 1 is 1.24 bits per heavy atom. The third kappa shape index (κ3) is 3.63. The summed E-state index contributed by atoms with van der Waals surface area (Å²) in [6.07, 6.45) is 0.802. The molecule has 1 aliphatic heterocycles. The van der Waals surface area contributed by atoms with E-state index in [2.05, 4.69) is 10.3 Å². The molecule has 0 N–H and O–H groups in total. The number of ether oxygens (including phenoxy) is 2. The van der Waals surface area contributed by atoms with Crippen molar-refractivity contribution in [1.29, 1.82) is 0 Å². The highest BCUT2D eigenvalue weighted by molar-refractivity contribution is 5.93. The molecule has 0 aliphatic carbocycles. The van der Waals surface area contributed by atoms with Crippen molar-refractivity contribution in [3.05, 3.63) is 59.3 Å². The average Bonchev–Trinajstić information content (AvgIpc) is 3.40. The van der Waals surface area contributed by atoms with Gasteiger partial charge in [0.05, 0.1) is 31.7 Å². The Labute approximate surface area is 169 Å². The Hall–Kier alpha value is -3.13. The summed E-state index contributed by atoms with van der Waals surface area (Å²) in [5.74, 6) is 2.20. The van der Waals surface area contributed by atoms with Crippen molar-refractivity contribution in [3.8, 4) is 11.4 Å². The van der Waals surface area contributed by atoms with Gasteiger partial charge in [-0.2, -0.15) is 0 Å². The van der Waals surface area contributed by atoms with Crippen molar-refractivity contribution >= 4 is 5.91 Å². The van der Waals surface area contributed by atoms with E-state index in [-0.39, 0.29) is 11.9 Å². The second-order valence-electron chi connectivity index (χ2n) is 6.88. The molecular weight excluding hydrogens is 372 g/mol. The Balaban J connectivity index is 1.61. The zero-order valence-corrected chi connectivity index (χ0v) is 16.8. The number of carbonyl (C=O) groups excluding carboxylic acids is 1. The summed E-state index contributed by atoms with van der Waals surface area (Å²) in [6.45, 7) is 5.22. The lowest BCUT2D eigenvalue weighted by molar-refractivity contribution is -0.00935. The molecule has 2 aromatic heterocycles. The predicted molar refractivity (Wildman–Crippen MR) is 105 cm³/mol. The molecule has 0 unspecified atom stereocenters. The highest BCUT2D eigenvalue weighted by atomic mass is 16.5. The molecule has 1 atom stereocenters. The van der Waals surface area contributed by atoms with Gasteiger partial charge in [0.2, 0.25) is 0 Å². The molecule has 0 spiro atoms. The van der Waals surface area contributed by atoms with Crippen molar-refractivity contribution in [2.24, 2.45) is 0 Å². The fraction of sp³-hybridized carbons (Fsp3) is 0.381. The smallest absolute Gasteiger partial charge is 0.277 e. The van der Waals surface area contributed by atoms with E-state index in [1.807, 2.05) is 50.2 Å². The number of nitrogens with zero attached hydrogens (tertiary/aromatic N) is 4. The normalized spacial score (nSPS) is 16.8. The SMILES string of the molecule is CCc1ccc([C@H]2COCCN2C(=O)c2nnn(-c3ccc(OC)cc3)c2C)o1. The molecule has 8 heteroatoms. The van der Waals surface area contributed by atoms with Gasteiger partial charge >= 0.3 is 0 Å². The lowest BCUT2D eigenvalue weighted by Crippen LogP contribution is -2.43. The minimum absolute atomic E-state index is 0.176. The number of benzene rings is 1. The summed E-state index contributed by atoms with van der Waals surface area (Å²) < 4.78 is 18.4. The van der Waals surface area contributed by atoms with Crippen molar-refractivity contribution in [3.63, 3.8) is 0 Å². The van der Waals surface area contributed by atoms with Crippen LogP contribution in [0.1, 0.15) is 40.7 Å². The summed E-state index contributed by atoms with van der Waals surface area (Å²) in [5.41, 5.74) is 1.82. The molecule has 1 amide bonds. The van der Waals surface area contributed by atoms with E-state index in [1.54, 1.807) is 16.7 Å². The molecule has 4 rings (SSSR count). The molecule has 0 bridgehead atoms. The number of furan rings is 1. The molecule has 3 aromatic rings. The Morgan fingerprint density at radius 3 is 2.72 bits per heavy atom. The van der Waals surface area contributed by atoms with E-state index < -0.39 is 0 Å². The van der Waals surface area contributed by atoms with Crippen LogP contribution in [0.4, 0.5) is 0 Å². The van der Waals surface area contributed by atoms with E-state index in [0.29, 0.717) is 31.1 Å². The lowest BCUT2D eigenvalue weighted by atomic mass is 10.1. The van der Waals surface area contributed by atoms with Crippen LogP contribution < -0.4 is 4.74 Å². The van der Waals surface area contributed by atoms with Gasteiger partial charge in [0.25, 0.3) is 5.91 Å². The molecule has 1 aromatic carbocycles. The number of hydrogen-bond acceptors (Lipinski definition) is 6. The number of rotatable bonds is 5. The quantitative estimate of drug-likeness (QED) is 0.659. The number of aromatic nitrogens is 3. The molecule has 1 fully saturated rings. The van der Waals surface area contributed by atoms with Crippen LogP contribution in [0.3, 0.4) is 0 Å². The number of hydrogen-bond donors (Lipinski definition) is 0. The van der Waals surface area contributed by atoms with Crippen LogP contribution in [0.25, 0.3) is 5.69 Å². The maximum absolute atomic E-state index is 13.3. The van der Waals surface area contributed by atoms with Crippen molar-refractivity contribution in [1.82, 2.24) is 19.9 Å². The van der Waals surface area contributed by atoms with Gasteiger partial charge in [0.1, 0.15) is 23.3 Å². The third-order valence-corrected chi connectivity index (χ3v) is 5.16. The second kappa shape index (κ2) is 8.08. The minimum Gasteiger partial charge on any atom is -0.497 e. The Morgan fingerprint density at radius 2 is 2.03 bits per heavy atom. The Bertz CT molecular complexity index is 993. The first kappa shape index (κ1) is 19.2. The third-order valence-electron chi connectivity index (χ3n) is 5.16. The van der Waals surface area contributed by atoms with Crippen molar-refractivity contribution < 1.29 is 18.7 Å². The van der Waals surface area contributed by atoms with Crippen LogP contribution in [0.15, 0.2) is 40.8 Å². The van der Waals surface area contributed by atoms with Crippen LogP contribution in [0.2, 0.25) is 0 Å². The first-order valence-electron chi connectivity index (χ1n) is 9.66. The average molecular weight is 396 g/mol. The fourth-order valence-electron chi connectivity index (χ4n) is 3.48. The summed E-state index contributed by atoms with van der Waals surface area (Å²) in [5, 5.41) is 8.37. The van der Waals surface area contributed by atoms with Gasteiger partial charge in [-0.1, -0.05) is 12.1 Å². The van der Waals surface area contributed by atoms with Gasteiger partial charge < -0.3 is 18.8 Å². The van der Waals surface area contributed by atoms with Crippen molar-refractivity contribution in [2.75, 3.05) is 26.9 Å². The molecule has 1 aliphatic rings. The van der Waals surface area contributed by atoms with Crippen LogP contribution in [0, 0.1) is 6.92 Å². The second-order valence-corrected chi connectivity index (χ2v) is 6.88. The number of carbonyl (C=O) groups is 1. The minimum atomic E-state index is -0.276. The molecule has 0 saturated carbocycles. The first-order valence-corrected chi connectivity index (χ1v) is 9.66. The van der Waals surface area contributed by atoms with E-state index >= 15 is 0 Å². The van der Waals surface area contributed by atoms with Crippen molar-refractivity contribution in [2.45, 2.75) is 26.3 Å². The maximum atomic E-state index is 13.3. The predicted octanol–water partition coefficient (Wildman–Crippen LogP) is 2.95. The van der Waals surface area contributed by atoms with Gasteiger partial charge in [-0.15, -0.1) is 5.10 Å². The molecule has 3 heterocycles. The molecule has 152 valence electrons. The number of methoxy groups -OCH3 is 1. The highest BCUT2D eigenvalue weighted by Crippen LogP contribution is 2.28. The number of aryl methyl sites for hydroxylation is 1. The summed E-state index contributed by atoms with van der Waals surface area (Å²) in [4.78, 5) is 15.1. The van der Waals surface area contributed by atoms with Gasteiger partial charge in [0, 0.05) is 13.0 Å². The van der Waals surface area contributed by atoms with E-state index in [1.165, 1.54) is 0 Å². The van der Waals surface area contributed by atoms with Gasteiger partial charge in [0.15, 0.2) is 5.69 Å². The summed E-state index contributed by atoms with van der Waals surface area (Å²) in [6, 6.07) is 11.0. The monoisotopic (exact) mass is 396 g/mol. The number of morpholine rings is 1. The van der Waals surface area contributed by atoms with Crippen LogP contribution in [-0.4, -0.2) is 52.7 Å². The summed E-state index contributed by atoms with van der Waals surface area (Å²) >= 11 is 0. The molecule has 8 nitrogen and oxygen atoms in total. The van der Waals surface area contributed by atoms with Gasteiger partial charge in [-0.25, -0.2) is 4.68 Å². The van der Waals surface area contributed by atoms with Crippen LogP contribution >= 0.6 is 0 Å². The maximum Gasteiger partial charge on any atom is 0.277 e. The molecular formula is C21H24N4O4. The topological polar surface area (TPSA) is 82.6 Å². The van der Waals surface area contributed by atoms with Gasteiger partial charge in [-0.3, -0.25) is 4.79 Å². The standard InChI is InChI=1S/C21H24N4O4/c1-4-16-9-10-19(29-16)18-13-28-12-11-24(18)21(26)20-14(2)25(23-22-20)15-5-7-17(27-3)8-6-15/h5-10,18H,4,11-13H2,1-3H3/t18-/m1/s1. The van der Waals surface area contributed by atoms with Crippen LogP contribution in [0.5, 0.6) is 5.75 Å². The zero-order valence-electron chi connectivity index (χ0n) is 16.8. The molecule has 29 heavy (non-hydrogen) atoms. The van der Waals surface area contributed by atoms with Gasteiger partial charge in [-0.05, 0) is 43.3 Å². The Kier molecular flexibility index (Phi) is 5.35.